The summed E-state index contributed by atoms with van der Waals surface area (Å²) in [5.41, 5.74) is 6.72. The fourth-order valence-electron chi connectivity index (χ4n) is 3.17. The zero-order valence-corrected chi connectivity index (χ0v) is 11.4. The van der Waals surface area contributed by atoms with E-state index < -0.39 is 5.41 Å². The Balaban J connectivity index is 2.52. The van der Waals surface area contributed by atoms with Crippen LogP contribution in [0.2, 0.25) is 0 Å². The maximum absolute atomic E-state index is 12.4. The summed E-state index contributed by atoms with van der Waals surface area (Å²) in [5.74, 6) is -0.304. The first-order valence-corrected chi connectivity index (χ1v) is 6.74. The molecule has 1 saturated heterocycles. The molecule has 0 saturated carbocycles. The van der Waals surface area contributed by atoms with Crippen LogP contribution in [0.25, 0.3) is 0 Å². The fraction of sp³-hybridized carbons (Fsp3) is 0.467. The second-order valence-corrected chi connectivity index (χ2v) is 5.13. The lowest BCUT2D eigenvalue weighted by Gasteiger charge is -2.41. The van der Waals surface area contributed by atoms with Gasteiger partial charge < -0.3 is 5.73 Å². The highest BCUT2D eigenvalue weighted by atomic mass is 16.2. The molecule has 4 heteroatoms. The van der Waals surface area contributed by atoms with Crippen LogP contribution in [-0.2, 0) is 15.0 Å². The number of carbonyl (C=O) groups excluding carboxylic acids is 2. The van der Waals surface area contributed by atoms with Crippen molar-refractivity contribution in [1.82, 2.24) is 5.32 Å². The van der Waals surface area contributed by atoms with Crippen LogP contribution in [0.5, 0.6) is 0 Å². The van der Waals surface area contributed by atoms with Gasteiger partial charge in [-0.15, -0.1) is 0 Å². The van der Waals surface area contributed by atoms with E-state index in [0.717, 1.165) is 12.0 Å². The average molecular weight is 260 g/mol. The molecule has 1 aromatic rings. The minimum atomic E-state index is -0.615. The van der Waals surface area contributed by atoms with Crippen LogP contribution >= 0.6 is 0 Å². The fourth-order valence-corrected chi connectivity index (χ4v) is 3.17. The largest absolute Gasteiger partial charge is 0.399 e. The molecular formula is C15H20N2O2. The first-order chi connectivity index (χ1) is 9.04. The number of nitrogens with one attached hydrogen (secondary N) is 1. The Morgan fingerprint density at radius 3 is 2.42 bits per heavy atom. The summed E-state index contributed by atoms with van der Waals surface area (Å²) in [4.78, 5) is 24.0. The molecule has 3 N–H and O–H groups in total. The third kappa shape index (κ3) is 2.11. The van der Waals surface area contributed by atoms with Crippen molar-refractivity contribution in [1.29, 1.82) is 0 Å². The van der Waals surface area contributed by atoms with E-state index >= 15 is 0 Å². The molecule has 1 aliphatic rings. The van der Waals surface area contributed by atoms with Gasteiger partial charge in [-0.2, -0.15) is 0 Å². The molecule has 4 nitrogen and oxygen atoms in total. The molecule has 1 aromatic carbocycles. The van der Waals surface area contributed by atoms with E-state index in [4.69, 9.17) is 5.73 Å². The molecule has 1 aliphatic heterocycles. The lowest BCUT2D eigenvalue weighted by atomic mass is 9.63. The summed E-state index contributed by atoms with van der Waals surface area (Å²) in [6, 6.07) is 7.42. The molecule has 19 heavy (non-hydrogen) atoms. The minimum absolute atomic E-state index is 0.0439. The number of carbonyl (C=O) groups is 2. The number of hydrogen-bond acceptors (Lipinski definition) is 3. The van der Waals surface area contributed by atoms with Gasteiger partial charge in [0.15, 0.2) is 0 Å². The van der Waals surface area contributed by atoms with E-state index in [1.54, 1.807) is 0 Å². The average Bonchev–Trinajstić information content (AvgIpc) is 2.40. The summed E-state index contributed by atoms with van der Waals surface area (Å²) in [5, 5.41) is 2.49. The molecule has 0 aliphatic carbocycles. The molecule has 1 heterocycles. The highest BCUT2D eigenvalue weighted by molar-refractivity contribution is 6.04. The van der Waals surface area contributed by atoms with Crippen molar-refractivity contribution >= 4 is 17.5 Å². The molecule has 2 atom stereocenters. The Kier molecular flexibility index (Phi) is 3.60. The molecule has 0 bridgehead atoms. The quantitative estimate of drug-likeness (QED) is 0.645. The zero-order valence-electron chi connectivity index (χ0n) is 11.4. The van der Waals surface area contributed by atoms with E-state index in [0.29, 0.717) is 18.5 Å². The van der Waals surface area contributed by atoms with Crippen molar-refractivity contribution in [3.8, 4) is 0 Å². The SMILES string of the molecule is CC[C@H]1CC(=O)NC(=O)[C@]1(CC)c1ccc(N)cc1. The molecule has 1 fully saturated rings. The third-order valence-corrected chi connectivity index (χ3v) is 4.26. The van der Waals surface area contributed by atoms with Crippen molar-refractivity contribution in [3.05, 3.63) is 29.8 Å². The number of nitrogens with two attached hydrogens (primary N) is 1. The second kappa shape index (κ2) is 5.03. The van der Waals surface area contributed by atoms with Crippen LogP contribution < -0.4 is 11.1 Å². The maximum atomic E-state index is 12.4. The first kappa shape index (κ1) is 13.6. The van der Waals surface area contributed by atoms with Crippen LogP contribution in [0.15, 0.2) is 24.3 Å². The van der Waals surface area contributed by atoms with Gasteiger partial charge in [0.1, 0.15) is 0 Å². The molecule has 0 aromatic heterocycles. The molecule has 0 radical (unpaired) electrons. The van der Waals surface area contributed by atoms with Crippen molar-refractivity contribution in [2.45, 2.75) is 38.5 Å². The Labute approximate surface area is 113 Å². The Bertz CT molecular complexity index is 495. The van der Waals surface area contributed by atoms with E-state index in [1.165, 1.54) is 0 Å². The van der Waals surface area contributed by atoms with Crippen molar-refractivity contribution in [2.75, 3.05) is 5.73 Å². The zero-order chi connectivity index (χ0) is 14.0. The maximum Gasteiger partial charge on any atom is 0.237 e. The van der Waals surface area contributed by atoms with Gasteiger partial charge in [0.05, 0.1) is 5.41 Å². The molecule has 2 rings (SSSR count). The summed E-state index contributed by atoms with van der Waals surface area (Å²) >= 11 is 0. The minimum Gasteiger partial charge on any atom is -0.399 e. The van der Waals surface area contributed by atoms with E-state index in [1.807, 2.05) is 38.1 Å². The smallest absolute Gasteiger partial charge is 0.237 e. The third-order valence-electron chi connectivity index (χ3n) is 4.26. The van der Waals surface area contributed by atoms with Gasteiger partial charge in [-0.05, 0) is 30.0 Å². The standard InChI is InChI=1S/C15H20N2O2/c1-3-10-9-13(18)17-14(19)15(10,4-2)11-5-7-12(16)8-6-11/h5-8,10H,3-4,9,16H2,1-2H3,(H,17,18,19)/t10-,15-/m0/s1. The van der Waals surface area contributed by atoms with Crippen LogP contribution in [0.4, 0.5) is 5.69 Å². The predicted molar refractivity (Wildman–Crippen MR) is 74.4 cm³/mol. The van der Waals surface area contributed by atoms with E-state index in [-0.39, 0.29) is 17.7 Å². The Morgan fingerprint density at radius 2 is 1.89 bits per heavy atom. The number of imide groups is 1. The Morgan fingerprint density at radius 1 is 1.26 bits per heavy atom. The monoisotopic (exact) mass is 260 g/mol. The van der Waals surface area contributed by atoms with Crippen molar-refractivity contribution in [3.63, 3.8) is 0 Å². The van der Waals surface area contributed by atoms with Gasteiger partial charge >= 0.3 is 0 Å². The van der Waals surface area contributed by atoms with Gasteiger partial charge in [-0.25, -0.2) is 0 Å². The van der Waals surface area contributed by atoms with Gasteiger partial charge in [-0.3, -0.25) is 14.9 Å². The number of nitrogen functional groups attached to an aromatic ring is 1. The van der Waals surface area contributed by atoms with Crippen LogP contribution in [0, 0.1) is 5.92 Å². The van der Waals surface area contributed by atoms with Gasteiger partial charge in [0, 0.05) is 12.1 Å². The number of benzene rings is 1. The molecule has 0 unspecified atom stereocenters. The lowest BCUT2D eigenvalue weighted by molar-refractivity contribution is -0.141. The van der Waals surface area contributed by atoms with Gasteiger partial charge in [-0.1, -0.05) is 32.4 Å². The van der Waals surface area contributed by atoms with Crippen LogP contribution in [-0.4, -0.2) is 11.8 Å². The summed E-state index contributed by atoms with van der Waals surface area (Å²) in [6.45, 7) is 4.02. The van der Waals surface area contributed by atoms with Crippen molar-refractivity contribution in [2.24, 2.45) is 5.92 Å². The van der Waals surface area contributed by atoms with Crippen LogP contribution in [0.3, 0.4) is 0 Å². The summed E-state index contributed by atoms with van der Waals surface area (Å²) in [6.07, 6.45) is 1.88. The predicted octanol–water partition coefficient (Wildman–Crippen LogP) is 1.99. The highest BCUT2D eigenvalue weighted by Crippen LogP contribution is 2.42. The molecular weight excluding hydrogens is 240 g/mol. The normalized spacial score (nSPS) is 27.2. The van der Waals surface area contributed by atoms with Crippen LogP contribution in [0.1, 0.15) is 38.7 Å². The van der Waals surface area contributed by atoms with Gasteiger partial charge in [0.2, 0.25) is 11.8 Å². The second-order valence-electron chi connectivity index (χ2n) is 5.13. The molecule has 2 amide bonds. The summed E-state index contributed by atoms with van der Waals surface area (Å²) in [7, 11) is 0. The highest BCUT2D eigenvalue weighted by Gasteiger charge is 2.49. The number of rotatable bonds is 3. The number of piperidine rings is 1. The summed E-state index contributed by atoms with van der Waals surface area (Å²) < 4.78 is 0. The van der Waals surface area contributed by atoms with E-state index in [2.05, 4.69) is 5.32 Å². The number of hydrogen-bond donors (Lipinski definition) is 2. The number of anilines is 1. The topological polar surface area (TPSA) is 72.2 Å². The Hall–Kier alpha value is -1.84. The van der Waals surface area contributed by atoms with E-state index in [9.17, 15) is 9.59 Å². The molecule has 102 valence electrons. The van der Waals surface area contributed by atoms with Gasteiger partial charge in [0.25, 0.3) is 0 Å². The molecule has 0 spiro atoms. The first-order valence-electron chi connectivity index (χ1n) is 6.74. The van der Waals surface area contributed by atoms with Crippen molar-refractivity contribution < 1.29 is 9.59 Å². The lowest BCUT2D eigenvalue weighted by Crippen LogP contribution is -2.56. The number of amides is 2.